The van der Waals surface area contributed by atoms with Gasteiger partial charge >= 0.3 is 0 Å². The number of benzene rings is 2. The van der Waals surface area contributed by atoms with E-state index in [1.54, 1.807) is 0 Å². The van der Waals surface area contributed by atoms with Crippen molar-refractivity contribution in [2.24, 2.45) is 21.8 Å². The van der Waals surface area contributed by atoms with E-state index in [4.69, 9.17) is 19.3 Å². The summed E-state index contributed by atoms with van der Waals surface area (Å²) in [5.41, 5.74) is 14.8. The topological polar surface area (TPSA) is 96.8 Å². The molecule has 1 fully saturated rings. The zero-order valence-corrected chi connectivity index (χ0v) is 25.7. The fraction of sp³-hybridized carbons (Fsp3) is 0.417. The molecule has 2 aromatic rings. The summed E-state index contributed by atoms with van der Waals surface area (Å²) in [5.74, 6) is 1.35. The SMILES string of the molecule is C=CCCCCCC1=C(Cc2ccc(-c3ccccc3C3=NCOCON3)cc2)C(=O)C2=C(C3CCOCC3)C2C2N=CNN12. The highest BCUT2D eigenvalue weighted by Gasteiger charge is 2.55. The van der Waals surface area contributed by atoms with Gasteiger partial charge in [-0.15, -0.1) is 6.58 Å². The Kier molecular flexibility index (Phi) is 8.91. The van der Waals surface area contributed by atoms with E-state index < -0.39 is 0 Å². The number of unbranched alkanes of at least 4 members (excludes halogenated alkanes) is 3. The van der Waals surface area contributed by atoms with Gasteiger partial charge in [-0.05, 0) is 66.7 Å². The predicted molar refractivity (Wildman–Crippen MR) is 174 cm³/mol. The molecule has 234 valence electrons. The lowest BCUT2D eigenvalue weighted by Crippen LogP contribution is -2.40. The Morgan fingerprint density at radius 1 is 1.00 bits per heavy atom. The first-order valence-corrected chi connectivity index (χ1v) is 16.2. The minimum atomic E-state index is -0.0868. The molecule has 0 aromatic heterocycles. The Hall–Kier alpha value is -4.05. The number of carbonyl (C=O) groups excluding carboxylic acids is 1. The monoisotopic (exact) mass is 607 g/mol. The Balaban J connectivity index is 1.19. The van der Waals surface area contributed by atoms with Gasteiger partial charge in [0.05, 0.1) is 5.92 Å². The summed E-state index contributed by atoms with van der Waals surface area (Å²) in [6.07, 6.45) is 11.3. The Bertz CT molecular complexity index is 1550. The molecule has 9 nitrogen and oxygen atoms in total. The number of ether oxygens (including phenoxy) is 2. The van der Waals surface area contributed by atoms with Gasteiger partial charge in [0.1, 0.15) is 13.1 Å². The third kappa shape index (κ3) is 6.12. The van der Waals surface area contributed by atoms with Crippen molar-refractivity contribution in [1.82, 2.24) is 15.9 Å². The maximum absolute atomic E-state index is 14.4. The van der Waals surface area contributed by atoms with Gasteiger partial charge in [0.25, 0.3) is 0 Å². The van der Waals surface area contributed by atoms with Crippen LogP contribution in [0.5, 0.6) is 0 Å². The van der Waals surface area contributed by atoms with Crippen molar-refractivity contribution in [1.29, 1.82) is 0 Å². The third-order valence-electron chi connectivity index (χ3n) is 9.45. The predicted octanol–water partition coefficient (Wildman–Crippen LogP) is 5.61. The summed E-state index contributed by atoms with van der Waals surface area (Å²) in [6, 6.07) is 16.7. The summed E-state index contributed by atoms with van der Waals surface area (Å²) in [7, 11) is 0. The number of rotatable bonds is 11. The summed E-state index contributed by atoms with van der Waals surface area (Å²) in [4.78, 5) is 29.1. The van der Waals surface area contributed by atoms with Gasteiger partial charge in [0.15, 0.2) is 24.6 Å². The van der Waals surface area contributed by atoms with Gasteiger partial charge in [-0.25, -0.2) is 20.3 Å². The van der Waals surface area contributed by atoms with Crippen LogP contribution in [-0.4, -0.2) is 55.9 Å². The zero-order valence-electron chi connectivity index (χ0n) is 25.7. The number of aliphatic imine (C=N–C) groups is 2. The number of fused-ring (bicyclic) bond motifs is 3. The highest BCUT2D eigenvalue weighted by Crippen LogP contribution is 2.55. The number of allylic oxidation sites excluding steroid dienone is 3. The summed E-state index contributed by atoms with van der Waals surface area (Å²) >= 11 is 0. The van der Waals surface area contributed by atoms with Crippen molar-refractivity contribution in [3.8, 4) is 11.1 Å². The van der Waals surface area contributed by atoms with E-state index in [-0.39, 0.29) is 31.4 Å². The third-order valence-corrected chi connectivity index (χ3v) is 9.45. The summed E-state index contributed by atoms with van der Waals surface area (Å²) < 4.78 is 10.9. The standard InChI is InChI=1S/C36H41N5O4/c1-2-3-4-5-6-11-30-29(34(42)32-31(26-16-18-43-19-17-26)33(32)36-37-21-39-41(30)36)20-24-12-14-25(15-13-24)27-9-7-8-10-28(27)35-38-22-44-23-45-40-35/h2,7-10,12-15,21,26,33,36H,1,3-6,11,16-20,22-23H2,(H,37,39)(H,38,40). The molecule has 1 aliphatic carbocycles. The number of nitrogens with zero attached hydrogens (tertiary/aromatic N) is 3. The number of hydrogen-bond donors (Lipinski definition) is 2. The molecule has 2 atom stereocenters. The van der Waals surface area contributed by atoms with Gasteiger partial charge in [-0.1, -0.05) is 61.0 Å². The van der Waals surface area contributed by atoms with Gasteiger partial charge in [0, 0.05) is 42.0 Å². The normalized spacial score (nSPS) is 23.1. The lowest BCUT2D eigenvalue weighted by Gasteiger charge is -2.30. The molecule has 0 radical (unpaired) electrons. The second-order valence-electron chi connectivity index (χ2n) is 12.2. The van der Waals surface area contributed by atoms with E-state index in [1.807, 2.05) is 30.6 Å². The molecule has 0 spiro atoms. The molecule has 0 amide bonds. The smallest absolute Gasteiger partial charge is 0.187 e. The van der Waals surface area contributed by atoms with E-state index in [2.05, 4.69) is 57.8 Å². The maximum Gasteiger partial charge on any atom is 0.187 e. The van der Waals surface area contributed by atoms with Gasteiger partial charge < -0.3 is 9.47 Å². The molecule has 4 aliphatic heterocycles. The molecule has 2 N–H and O–H groups in total. The summed E-state index contributed by atoms with van der Waals surface area (Å²) in [5, 5.41) is 2.20. The van der Waals surface area contributed by atoms with E-state index >= 15 is 0 Å². The Morgan fingerprint density at radius 3 is 2.64 bits per heavy atom. The van der Waals surface area contributed by atoms with Crippen LogP contribution in [0.15, 0.2) is 93.6 Å². The highest BCUT2D eigenvalue weighted by molar-refractivity contribution is 6.14. The lowest BCUT2D eigenvalue weighted by molar-refractivity contribution is -0.112. The molecule has 2 aromatic carbocycles. The van der Waals surface area contributed by atoms with Gasteiger partial charge in [0.2, 0.25) is 0 Å². The lowest BCUT2D eigenvalue weighted by atomic mass is 9.92. The molecule has 4 heterocycles. The fourth-order valence-corrected chi connectivity index (χ4v) is 7.17. The molecule has 2 unspecified atom stereocenters. The van der Waals surface area contributed by atoms with Crippen LogP contribution in [0.25, 0.3) is 11.1 Å². The second-order valence-corrected chi connectivity index (χ2v) is 12.2. The van der Waals surface area contributed by atoms with E-state index in [1.165, 1.54) is 5.57 Å². The minimum Gasteiger partial charge on any atom is -0.381 e. The molecular formula is C36H41N5O4. The number of nitrogens with one attached hydrogen (secondary N) is 2. The van der Waals surface area contributed by atoms with E-state index in [9.17, 15) is 4.79 Å². The Labute approximate surface area is 264 Å². The molecule has 1 saturated heterocycles. The molecule has 7 rings (SSSR count). The number of carbonyl (C=O) groups is 1. The number of hydrogen-bond acceptors (Lipinski definition) is 9. The second kappa shape index (κ2) is 13.5. The largest absolute Gasteiger partial charge is 0.381 e. The number of ketones is 1. The maximum atomic E-state index is 14.4. The molecular weight excluding hydrogens is 566 g/mol. The first-order chi connectivity index (χ1) is 22.2. The van der Waals surface area contributed by atoms with Crippen molar-refractivity contribution < 1.29 is 19.1 Å². The Morgan fingerprint density at radius 2 is 1.82 bits per heavy atom. The molecule has 0 bridgehead atoms. The van der Waals surface area contributed by atoms with E-state index in [0.29, 0.717) is 18.2 Å². The van der Waals surface area contributed by atoms with Crippen molar-refractivity contribution >= 4 is 18.0 Å². The summed E-state index contributed by atoms with van der Waals surface area (Å²) in [6.45, 7) is 5.77. The van der Waals surface area contributed by atoms with Crippen molar-refractivity contribution in [2.75, 3.05) is 26.7 Å². The highest BCUT2D eigenvalue weighted by atomic mass is 16.8. The number of amidine groups is 1. The van der Waals surface area contributed by atoms with Crippen LogP contribution in [0, 0.1) is 11.8 Å². The van der Waals surface area contributed by atoms with E-state index in [0.717, 1.165) is 97.3 Å². The van der Waals surface area contributed by atoms with Crippen LogP contribution in [-0.2, 0) is 25.5 Å². The first-order valence-electron chi connectivity index (χ1n) is 16.2. The van der Waals surface area contributed by atoms with Gasteiger partial charge in [-0.2, -0.15) is 0 Å². The van der Waals surface area contributed by atoms with Crippen LogP contribution in [0.1, 0.15) is 56.1 Å². The molecule has 5 aliphatic rings. The zero-order chi connectivity index (χ0) is 30.6. The van der Waals surface area contributed by atoms with Gasteiger partial charge in [-0.3, -0.25) is 15.2 Å². The van der Waals surface area contributed by atoms with Crippen LogP contribution in [0.4, 0.5) is 0 Å². The molecule has 45 heavy (non-hydrogen) atoms. The number of Topliss-reactive ketones (excluding diaryl/α,β-unsaturated/α-hetero) is 1. The van der Waals surface area contributed by atoms with Crippen molar-refractivity contribution in [2.45, 2.75) is 57.5 Å². The van der Waals surface area contributed by atoms with Crippen LogP contribution >= 0.6 is 0 Å². The first kappa shape index (κ1) is 29.6. The van der Waals surface area contributed by atoms with Crippen molar-refractivity contribution in [3.05, 3.63) is 94.7 Å². The molecule has 0 saturated carbocycles. The average Bonchev–Trinajstić information content (AvgIpc) is 3.76. The van der Waals surface area contributed by atoms with Crippen LogP contribution < -0.4 is 10.9 Å². The molecule has 9 heteroatoms. The quantitative estimate of drug-likeness (QED) is 0.253. The average molecular weight is 608 g/mol. The van der Waals surface area contributed by atoms with Crippen LogP contribution in [0.3, 0.4) is 0 Å². The van der Waals surface area contributed by atoms with Crippen LogP contribution in [0.2, 0.25) is 0 Å². The minimum absolute atomic E-state index is 0.0868. The number of hydrazine groups is 1. The van der Waals surface area contributed by atoms with Crippen molar-refractivity contribution in [3.63, 3.8) is 0 Å². The fourth-order valence-electron chi connectivity index (χ4n) is 7.17. The number of hydroxylamine groups is 1.